The smallest absolute Gasteiger partial charge is 0.216 e. The molecule has 1 aliphatic rings. The van der Waals surface area contributed by atoms with E-state index in [1.165, 1.54) is 22.3 Å². The fourth-order valence-corrected chi connectivity index (χ4v) is 6.15. The predicted octanol–water partition coefficient (Wildman–Crippen LogP) is 8.50. The quantitative estimate of drug-likeness (QED) is 0.225. The topological polar surface area (TPSA) is 17.0 Å². The third-order valence-corrected chi connectivity index (χ3v) is 8.08. The van der Waals surface area contributed by atoms with Crippen LogP contribution < -0.4 is 4.57 Å². The van der Waals surface area contributed by atoms with Crippen molar-refractivity contribution in [2.24, 2.45) is 7.05 Å². The van der Waals surface area contributed by atoms with Crippen molar-refractivity contribution in [2.75, 3.05) is 0 Å². The maximum Gasteiger partial charge on any atom is 0.216 e. The Labute approximate surface area is 217 Å². The molecule has 0 aliphatic heterocycles. The Morgan fingerprint density at radius 1 is 0.784 bits per heavy atom. The molecule has 0 fully saturated rings. The molecule has 0 bridgehead atoms. The van der Waals surface area contributed by atoms with Crippen molar-refractivity contribution in [3.05, 3.63) is 114 Å². The molecule has 2 heterocycles. The van der Waals surface area contributed by atoms with Gasteiger partial charge in [-0.3, -0.25) is 0 Å². The lowest BCUT2D eigenvalue weighted by Crippen LogP contribution is -2.30. The van der Waals surface area contributed by atoms with E-state index >= 15 is 4.39 Å². The third-order valence-electron chi connectivity index (χ3n) is 8.08. The van der Waals surface area contributed by atoms with E-state index in [1.807, 2.05) is 42.8 Å². The fraction of sp³-hybridized carbons (Fsp3) is 0.147. The summed E-state index contributed by atoms with van der Waals surface area (Å²) in [4.78, 5) is 0. The molecule has 1 aliphatic carbocycles. The van der Waals surface area contributed by atoms with E-state index in [4.69, 9.17) is 5.79 Å². The van der Waals surface area contributed by atoms with E-state index in [2.05, 4.69) is 62.4 Å². The second-order valence-electron chi connectivity index (χ2n) is 10.6. The zero-order valence-electron chi connectivity index (χ0n) is 22.3. The number of aromatic nitrogens is 1. The molecule has 0 saturated carbocycles. The molecule has 0 atom stereocenters. The van der Waals surface area contributed by atoms with Crippen molar-refractivity contribution >= 4 is 21.9 Å². The minimum atomic E-state index is -0.304. The van der Waals surface area contributed by atoms with Gasteiger partial charge >= 0.3 is 0 Å². The number of nitrogens with zero attached hydrogens (tertiary/aromatic N) is 1. The highest BCUT2D eigenvalue weighted by Crippen LogP contribution is 2.50. The van der Waals surface area contributed by atoms with E-state index in [0.717, 1.165) is 33.2 Å². The van der Waals surface area contributed by atoms with Crippen LogP contribution in [0, 0.1) is 12.7 Å². The van der Waals surface area contributed by atoms with Crippen LogP contribution in [0.2, 0.25) is 0 Å². The summed E-state index contributed by atoms with van der Waals surface area (Å²) in [6, 6.07) is 27.9. The molecule has 7 rings (SSSR count). The largest absolute Gasteiger partial charge is 0.454 e. The molecule has 0 spiro atoms. The average Bonchev–Trinajstić information content (AvgIpc) is 3.38. The monoisotopic (exact) mass is 485 g/mol. The average molecular weight is 486 g/mol. The lowest BCUT2D eigenvalue weighted by molar-refractivity contribution is -0.660. The number of halogens is 1. The van der Waals surface area contributed by atoms with Crippen molar-refractivity contribution in [2.45, 2.75) is 26.2 Å². The minimum absolute atomic E-state index is 0.180. The van der Waals surface area contributed by atoms with Gasteiger partial charge in [-0.05, 0) is 64.6 Å². The maximum atomic E-state index is 15.7. The molecule has 3 heteroatoms. The zero-order valence-corrected chi connectivity index (χ0v) is 21.3. The maximum absolute atomic E-state index is 15.7. The second kappa shape index (κ2) is 7.63. The summed E-state index contributed by atoms with van der Waals surface area (Å²) in [6.45, 7) is 6.50. The molecule has 6 aromatic rings. The molecule has 0 amide bonds. The van der Waals surface area contributed by atoms with Crippen molar-refractivity contribution in [1.82, 2.24) is 0 Å². The fourth-order valence-electron chi connectivity index (χ4n) is 6.15. The Kier molecular flexibility index (Phi) is 4.31. The highest BCUT2D eigenvalue weighted by molar-refractivity contribution is 6.13. The highest BCUT2D eigenvalue weighted by atomic mass is 19.1. The minimum Gasteiger partial charge on any atom is -0.454 e. The summed E-state index contributed by atoms with van der Waals surface area (Å²) >= 11 is 0. The summed E-state index contributed by atoms with van der Waals surface area (Å²) < 4.78 is 32.4. The lowest BCUT2D eigenvalue weighted by atomic mass is 9.81. The van der Waals surface area contributed by atoms with Gasteiger partial charge in [0.25, 0.3) is 0 Å². The van der Waals surface area contributed by atoms with E-state index in [0.29, 0.717) is 22.9 Å². The first kappa shape index (κ1) is 20.9. The first-order chi connectivity index (χ1) is 18.3. The third kappa shape index (κ3) is 3.00. The van der Waals surface area contributed by atoms with Gasteiger partial charge in [-0.25, -0.2) is 8.96 Å². The first-order valence-electron chi connectivity index (χ1n) is 13.1. The van der Waals surface area contributed by atoms with Gasteiger partial charge in [-0.15, -0.1) is 0 Å². The van der Waals surface area contributed by atoms with Gasteiger partial charge in [0.2, 0.25) is 5.69 Å². The number of pyridine rings is 1. The summed E-state index contributed by atoms with van der Waals surface area (Å²) in [6.07, 6.45) is 0.406. The number of fused-ring (bicyclic) bond motifs is 6. The van der Waals surface area contributed by atoms with Crippen LogP contribution in [-0.2, 0) is 12.5 Å². The number of benzene rings is 4. The molecule has 37 heavy (non-hydrogen) atoms. The van der Waals surface area contributed by atoms with Crippen molar-refractivity contribution in [3.63, 3.8) is 0 Å². The normalized spacial score (nSPS) is 14.1. The van der Waals surface area contributed by atoms with E-state index < -0.39 is 0 Å². The van der Waals surface area contributed by atoms with Crippen LogP contribution in [0.5, 0.6) is 0 Å². The zero-order chi connectivity index (χ0) is 26.3. The summed E-state index contributed by atoms with van der Waals surface area (Å²) in [5.41, 5.74) is 10.1. The second-order valence-corrected chi connectivity index (χ2v) is 10.6. The molecule has 4 aromatic carbocycles. The lowest BCUT2D eigenvalue weighted by Gasteiger charge is -2.22. The molecule has 0 radical (unpaired) electrons. The van der Waals surface area contributed by atoms with E-state index in [1.54, 1.807) is 12.1 Å². The van der Waals surface area contributed by atoms with Crippen LogP contribution in [0.25, 0.3) is 55.4 Å². The number of hydrogen-bond donors (Lipinski definition) is 0. The number of rotatable bonds is 2. The van der Waals surface area contributed by atoms with Gasteiger partial charge < -0.3 is 4.42 Å². The van der Waals surface area contributed by atoms with Gasteiger partial charge in [0.1, 0.15) is 25.4 Å². The molecular weight excluding hydrogens is 457 g/mol. The highest BCUT2D eigenvalue weighted by Gasteiger charge is 2.35. The first-order valence-corrected chi connectivity index (χ1v) is 12.6. The number of hydrogen-bond acceptors (Lipinski definition) is 1. The molecule has 2 nitrogen and oxygen atoms in total. The molecule has 0 N–H and O–H groups in total. The van der Waals surface area contributed by atoms with Crippen LogP contribution in [0.15, 0.2) is 95.5 Å². The van der Waals surface area contributed by atoms with Crippen molar-refractivity contribution < 1.29 is 14.7 Å². The summed E-state index contributed by atoms with van der Waals surface area (Å²) in [5, 5.41) is 1.82. The Balaban J connectivity index is 1.51. The molecule has 2 aromatic heterocycles. The molecule has 0 unspecified atom stereocenters. The number of furan rings is 1. The standard InChI is InChI=1S/C34H27FNO/c1-20-12-14-24-25-16-17-28(35)31(33(25)37-32(24)30(20)29-11-7-8-18-36(29)4)21-13-15-23-22-9-5-6-10-26(22)34(2,3)27(23)19-21/h5-19H,1-4H3/q+1/i18D. The SMILES string of the molecule is [2H]c1cccc(-c2c(C)ccc3c2oc2c(-c4ccc5c(c4)C(C)(C)c4ccccc4-5)c(F)ccc23)[n+]1C. The van der Waals surface area contributed by atoms with E-state index in [9.17, 15) is 0 Å². The van der Waals surface area contributed by atoms with Gasteiger partial charge in [-0.2, -0.15) is 0 Å². The summed E-state index contributed by atoms with van der Waals surface area (Å²) in [5.74, 6) is -0.304. The van der Waals surface area contributed by atoms with Crippen LogP contribution in [0.4, 0.5) is 4.39 Å². The van der Waals surface area contributed by atoms with Gasteiger partial charge in [-0.1, -0.05) is 62.4 Å². The number of aryl methyl sites for hydroxylation is 1. The summed E-state index contributed by atoms with van der Waals surface area (Å²) in [7, 11) is 1.88. The Hall–Kier alpha value is -4.24. The van der Waals surface area contributed by atoms with Crippen LogP contribution in [0.1, 0.15) is 31.9 Å². The predicted molar refractivity (Wildman–Crippen MR) is 148 cm³/mol. The Morgan fingerprint density at radius 3 is 2.32 bits per heavy atom. The van der Waals surface area contributed by atoms with Crippen molar-refractivity contribution in [1.29, 1.82) is 0 Å². The van der Waals surface area contributed by atoms with Gasteiger partial charge in [0.15, 0.2) is 6.17 Å². The molecule has 180 valence electrons. The van der Waals surface area contributed by atoms with Gasteiger partial charge in [0.05, 0.1) is 11.1 Å². The van der Waals surface area contributed by atoms with Crippen LogP contribution in [0.3, 0.4) is 0 Å². The van der Waals surface area contributed by atoms with Crippen LogP contribution in [-0.4, -0.2) is 0 Å². The molecular formula is C34H27FNO+. The molecule has 0 saturated heterocycles. The van der Waals surface area contributed by atoms with Gasteiger partial charge in [0, 0.05) is 28.3 Å². The Bertz CT molecular complexity index is 1950. The van der Waals surface area contributed by atoms with Crippen LogP contribution >= 0.6 is 0 Å². The Morgan fingerprint density at radius 2 is 1.49 bits per heavy atom. The van der Waals surface area contributed by atoms with E-state index in [-0.39, 0.29) is 11.2 Å². The van der Waals surface area contributed by atoms with Crippen molar-refractivity contribution in [3.8, 4) is 33.5 Å².